The van der Waals surface area contributed by atoms with Crippen molar-refractivity contribution in [3.05, 3.63) is 95.7 Å². The molecule has 0 radical (unpaired) electrons. The zero-order chi connectivity index (χ0) is 38.8. The van der Waals surface area contributed by atoms with E-state index in [1.807, 2.05) is 23.2 Å². The van der Waals surface area contributed by atoms with Crippen LogP contribution in [0.3, 0.4) is 0 Å². The van der Waals surface area contributed by atoms with Crippen LogP contribution in [0.25, 0.3) is 33.6 Å². The van der Waals surface area contributed by atoms with Crippen molar-refractivity contribution in [2.24, 2.45) is 11.8 Å². The van der Waals surface area contributed by atoms with Crippen LogP contribution in [0.1, 0.15) is 77.1 Å². The predicted molar refractivity (Wildman–Crippen MR) is 223 cm³/mol. The van der Waals surface area contributed by atoms with Crippen molar-refractivity contribution in [1.82, 2.24) is 39.7 Å². The van der Waals surface area contributed by atoms with Gasteiger partial charge in [0.2, 0.25) is 11.8 Å². The third-order valence-electron chi connectivity index (χ3n) is 11.0. The Morgan fingerprint density at radius 1 is 0.625 bits per heavy atom. The van der Waals surface area contributed by atoms with E-state index < -0.39 is 0 Å². The summed E-state index contributed by atoms with van der Waals surface area (Å²) in [7, 11) is 0. The first-order chi connectivity index (χ1) is 27.2. The number of H-pyrrole nitrogens is 2. The Balaban J connectivity index is 0.922. The maximum atomic E-state index is 13.4. The third kappa shape index (κ3) is 7.97. The molecule has 2 aliphatic rings. The molecule has 2 aliphatic heterocycles. The molecular formula is C42H48N10O2S2. The number of rotatable bonds is 13. The number of likely N-dealkylation sites (tertiary alicyclic amines) is 2. The minimum absolute atomic E-state index is 0.0201. The van der Waals surface area contributed by atoms with Gasteiger partial charge in [-0.1, -0.05) is 76.2 Å². The highest BCUT2D eigenvalue weighted by Gasteiger charge is 2.40. The Kier molecular flexibility index (Phi) is 11.2. The molecule has 4 aromatic heterocycles. The van der Waals surface area contributed by atoms with E-state index >= 15 is 0 Å². The molecule has 6 aromatic rings. The van der Waals surface area contributed by atoms with Gasteiger partial charge in [0.05, 0.1) is 47.9 Å². The van der Waals surface area contributed by atoms with Gasteiger partial charge in [0.1, 0.15) is 11.6 Å². The van der Waals surface area contributed by atoms with Gasteiger partial charge in [-0.05, 0) is 72.9 Å². The predicted octanol–water partition coefficient (Wildman–Crippen LogP) is 8.65. The van der Waals surface area contributed by atoms with Gasteiger partial charge in [0.25, 0.3) is 0 Å². The summed E-state index contributed by atoms with van der Waals surface area (Å²) in [5.41, 5.74) is 6.27. The average molecular weight is 789 g/mol. The summed E-state index contributed by atoms with van der Waals surface area (Å²) in [6.45, 7) is 10.1. The van der Waals surface area contributed by atoms with Crippen LogP contribution < -0.4 is 10.6 Å². The zero-order valence-corrected chi connectivity index (χ0v) is 33.7. The summed E-state index contributed by atoms with van der Waals surface area (Å²) in [6.07, 6.45) is 11.1. The molecule has 0 saturated carbocycles. The van der Waals surface area contributed by atoms with Crippen LogP contribution >= 0.6 is 22.7 Å². The molecule has 2 unspecified atom stereocenters. The van der Waals surface area contributed by atoms with Gasteiger partial charge in [-0.25, -0.2) is 19.9 Å². The molecule has 56 heavy (non-hydrogen) atoms. The first kappa shape index (κ1) is 37.9. The van der Waals surface area contributed by atoms with Crippen LogP contribution in [-0.4, -0.2) is 76.7 Å². The van der Waals surface area contributed by atoms with E-state index in [1.165, 1.54) is 22.7 Å². The Labute approximate surface area is 335 Å². The fourth-order valence-electron chi connectivity index (χ4n) is 8.42. The number of aromatic nitrogens is 6. The van der Waals surface area contributed by atoms with Crippen molar-refractivity contribution in [3.8, 4) is 33.6 Å². The molecule has 6 heterocycles. The van der Waals surface area contributed by atoms with Gasteiger partial charge >= 0.3 is 0 Å². The lowest BCUT2D eigenvalue weighted by molar-refractivity contribution is -0.124. The summed E-state index contributed by atoms with van der Waals surface area (Å²) in [5, 5.41) is 11.0. The highest BCUT2D eigenvalue weighted by Crippen LogP contribution is 2.37. The molecule has 8 rings (SSSR count). The molecule has 2 aromatic carbocycles. The normalized spacial score (nSPS) is 18.8. The number of amides is 2. The highest BCUT2D eigenvalue weighted by atomic mass is 32.1. The molecule has 0 spiro atoms. The largest absolute Gasteiger partial charge is 0.341 e. The average Bonchev–Trinajstić information content (AvgIpc) is 4.04. The van der Waals surface area contributed by atoms with E-state index in [0.29, 0.717) is 10.3 Å². The minimum atomic E-state index is -0.282. The number of benzene rings is 2. The van der Waals surface area contributed by atoms with Gasteiger partial charge in [0, 0.05) is 23.2 Å². The molecular weight excluding hydrogens is 741 g/mol. The van der Waals surface area contributed by atoms with Crippen LogP contribution in [0.5, 0.6) is 0 Å². The number of aromatic amines is 2. The second-order valence-corrected chi connectivity index (χ2v) is 17.1. The first-order valence-electron chi connectivity index (χ1n) is 19.5. The van der Waals surface area contributed by atoms with Gasteiger partial charge in [-0.2, -0.15) is 0 Å². The van der Waals surface area contributed by atoms with Crippen molar-refractivity contribution in [2.45, 2.75) is 77.5 Å². The van der Waals surface area contributed by atoms with Crippen LogP contribution in [0.2, 0.25) is 0 Å². The van der Waals surface area contributed by atoms with Crippen LogP contribution in [0.15, 0.2) is 84.1 Å². The second-order valence-electron chi connectivity index (χ2n) is 15.3. The zero-order valence-electron chi connectivity index (χ0n) is 32.1. The Morgan fingerprint density at radius 2 is 1.02 bits per heavy atom. The van der Waals surface area contributed by atoms with E-state index in [2.05, 4.69) is 117 Å². The second kappa shape index (κ2) is 16.6. The van der Waals surface area contributed by atoms with E-state index in [0.717, 1.165) is 84.1 Å². The number of hydrogen-bond acceptors (Lipinski definition) is 10. The first-order valence-corrected chi connectivity index (χ1v) is 21.2. The molecule has 14 heteroatoms. The van der Waals surface area contributed by atoms with Crippen molar-refractivity contribution < 1.29 is 9.59 Å². The summed E-state index contributed by atoms with van der Waals surface area (Å²) in [5.74, 6) is 2.01. The fourth-order valence-corrected chi connectivity index (χ4v) is 9.49. The van der Waals surface area contributed by atoms with Gasteiger partial charge in [0.15, 0.2) is 10.3 Å². The Morgan fingerprint density at radius 3 is 1.38 bits per heavy atom. The summed E-state index contributed by atoms with van der Waals surface area (Å²) < 4.78 is 0. The molecule has 2 fully saturated rings. The summed E-state index contributed by atoms with van der Waals surface area (Å²) in [4.78, 5) is 56.7. The van der Waals surface area contributed by atoms with Crippen LogP contribution in [-0.2, 0) is 9.59 Å². The standard InChI is InChI=1S/C42H48N10O2S2/c1-25(2)35(39(53)49-41-43-17-21-55-41)51-19-5-7-33(51)37-45-23-31(47-37)29-13-9-27(10-14-29)28-11-15-30(16-12-28)32-24-46-38(48-32)34-8-6-20-52(34)36(26(3)4)40(54)50-42-44-18-22-56-42/h9-18,21-26,33-36H,5-8,19-20H2,1-4H3,(H,45,47)(H,46,48)(H,43,49,53)(H,44,50,54)/t33?,34?,35-,36-/m0/s1. The van der Waals surface area contributed by atoms with E-state index in [-0.39, 0.29) is 47.8 Å². The minimum Gasteiger partial charge on any atom is -0.341 e. The van der Waals surface area contributed by atoms with E-state index in [1.54, 1.807) is 12.4 Å². The summed E-state index contributed by atoms with van der Waals surface area (Å²) >= 11 is 2.86. The number of anilines is 2. The van der Waals surface area contributed by atoms with Gasteiger partial charge < -0.3 is 20.6 Å². The lowest BCUT2D eigenvalue weighted by Gasteiger charge is -2.33. The maximum Gasteiger partial charge on any atom is 0.243 e. The highest BCUT2D eigenvalue weighted by molar-refractivity contribution is 7.14. The lowest BCUT2D eigenvalue weighted by Crippen LogP contribution is -2.47. The smallest absolute Gasteiger partial charge is 0.243 e. The third-order valence-corrected chi connectivity index (χ3v) is 12.4. The van der Waals surface area contributed by atoms with E-state index in [9.17, 15) is 9.59 Å². The molecule has 12 nitrogen and oxygen atoms in total. The monoisotopic (exact) mass is 788 g/mol. The quantitative estimate of drug-likeness (QED) is 0.0910. The number of carbonyl (C=O) groups is 2. The van der Waals surface area contributed by atoms with Crippen molar-refractivity contribution in [3.63, 3.8) is 0 Å². The van der Waals surface area contributed by atoms with Crippen LogP contribution in [0, 0.1) is 11.8 Å². The van der Waals surface area contributed by atoms with Crippen LogP contribution in [0.4, 0.5) is 10.3 Å². The fraction of sp³-hybridized carbons (Fsp3) is 0.381. The topological polar surface area (TPSA) is 148 Å². The Bertz CT molecular complexity index is 2050. The molecule has 290 valence electrons. The SMILES string of the molecule is CC(C)[C@@H](C(=O)Nc1nccs1)N1CCCC1c1ncc(-c2ccc(-c3ccc(-c4cnc(C5CCCN5[C@H](C(=O)Nc5nccs5)C(C)C)[nH]4)cc3)cc2)[nH]1. The molecule has 4 atom stereocenters. The van der Waals surface area contributed by atoms with Gasteiger partial charge in [-0.15, -0.1) is 22.7 Å². The Hall–Kier alpha value is -5.02. The number of imidazole rings is 2. The summed E-state index contributed by atoms with van der Waals surface area (Å²) in [6, 6.07) is 16.6. The molecule has 2 amide bonds. The number of carbonyl (C=O) groups excluding carboxylic acids is 2. The van der Waals surface area contributed by atoms with Crippen molar-refractivity contribution in [2.75, 3.05) is 23.7 Å². The number of thiazole rings is 2. The maximum absolute atomic E-state index is 13.4. The number of hydrogen-bond donors (Lipinski definition) is 4. The molecule has 0 bridgehead atoms. The number of nitrogens with zero attached hydrogens (tertiary/aromatic N) is 6. The van der Waals surface area contributed by atoms with Crippen molar-refractivity contribution >= 4 is 44.8 Å². The van der Waals surface area contributed by atoms with Crippen molar-refractivity contribution in [1.29, 1.82) is 0 Å². The molecule has 4 N–H and O–H groups in total. The molecule has 0 aliphatic carbocycles. The number of nitrogens with one attached hydrogen (secondary N) is 4. The van der Waals surface area contributed by atoms with E-state index in [4.69, 9.17) is 9.97 Å². The molecule has 2 saturated heterocycles. The lowest BCUT2D eigenvalue weighted by atomic mass is 10.0. The van der Waals surface area contributed by atoms with Gasteiger partial charge in [-0.3, -0.25) is 19.4 Å².